The van der Waals surface area contributed by atoms with Gasteiger partial charge in [0, 0.05) is 5.56 Å². The fourth-order valence-electron chi connectivity index (χ4n) is 1.34. The molecular weight excluding hydrogens is 238 g/mol. The number of ether oxygens (including phenoxy) is 1. The Bertz CT molecular complexity index is 445. The first-order chi connectivity index (χ1) is 7.95. The van der Waals surface area contributed by atoms with Crippen molar-refractivity contribution in [2.24, 2.45) is 5.73 Å². The molecule has 1 atom stereocenters. The molecule has 4 nitrogen and oxygen atoms in total. The zero-order valence-electron chi connectivity index (χ0n) is 9.77. The highest BCUT2D eigenvalue weighted by molar-refractivity contribution is 7.80. The molecule has 0 saturated carbocycles. The van der Waals surface area contributed by atoms with E-state index in [-0.39, 0.29) is 4.99 Å². The summed E-state index contributed by atoms with van der Waals surface area (Å²) in [6, 6.07) is 5.26. The molecular formula is C12H15NO3S. The van der Waals surface area contributed by atoms with Crippen LogP contribution in [0.5, 0.6) is 5.75 Å². The number of aliphatic carboxylic acids is 1. The van der Waals surface area contributed by atoms with Crippen LogP contribution < -0.4 is 10.5 Å². The average molecular weight is 253 g/mol. The Morgan fingerprint density at radius 3 is 2.71 bits per heavy atom. The number of carboxylic acids is 1. The minimum Gasteiger partial charge on any atom is -0.479 e. The number of aryl methyl sites for hydroxylation is 1. The lowest BCUT2D eigenvalue weighted by atomic mass is 10.1. The summed E-state index contributed by atoms with van der Waals surface area (Å²) in [6.45, 7) is 3.60. The zero-order valence-corrected chi connectivity index (χ0v) is 10.6. The van der Waals surface area contributed by atoms with E-state index in [1.807, 2.05) is 6.92 Å². The molecule has 1 aromatic carbocycles. The summed E-state index contributed by atoms with van der Waals surface area (Å²) in [5.41, 5.74) is 7.03. The molecule has 1 aromatic rings. The predicted molar refractivity (Wildman–Crippen MR) is 69.4 cm³/mol. The summed E-state index contributed by atoms with van der Waals surface area (Å²) in [5.74, 6) is -0.475. The molecule has 0 aliphatic carbocycles. The van der Waals surface area contributed by atoms with Crippen LogP contribution >= 0.6 is 12.2 Å². The fraction of sp³-hybridized carbons (Fsp3) is 0.333. The number of nitrogens with two attached hydrogens (primary N) is 1. The Balaban J connectivity index is 3.00. The third-order valence-electron chi connectivity index (χ3n) is 2.39. The van der Waals surface area contributed by atoms with Gasteiger partial charge in [0.05, 0.1) is 0 Å². The van der Waals surface area contributed by atoms with E-state index in [0.29, 0.717) is 17.7 Å². The second-order valence-electron chi connectivity index (χ2n) is 3.70. The van der Waals surface area contributed by atoms with Crippen LogP contribution in [0.2, 0.25) is 0 Å². The topological polar surface area (TPSA) is 72.5 Å². The molecule has 0 amide bonds. The molecule has 0 aliphatic heterocycles. The molecule has 0 fully saturated rings. The average Bonchev–Trinajstić information content (AvgIpc) is 2.27. The second-order valence-corrected chi connectivity index (χ2v) is 4.14. The van der Waals surface area contributed by atoms with Crippen molar-refractivity contribution in [3.05, 3.63) is 29.3 Å². The molecule has 0 radical (unpaired) electrons. The van der Waals surface area contributed by atoms with Gasteiger partial charge < -0.3 is 15.6 Å². The molecule has 1 unspecified atom stereocenters. The Hall–Kier alpha value is -1.62. The highest BCUT2D eigenvalue weighted by atomic mass is 32.1. The maximum absolute atomic E-state index is 10.9. The van der Waals surface area contributed by atoms with E-state index in [2.05, 4.69) is 0 Å². The first-order valence-electron chi connectivity index (χ1n) is 5.25. The quantitative estimate of drug-likeness (QED) is 0.784. The Morgan fingerprint density at radius 1 is 1.59 bits per heavy atom. The van der Waals surface area contributed by atoms with Crippen molar-refractivity contribution in [3.8, 4) is 5.75 Å². The number of carboxylic acid groups (broad SMARTS) is 1. The molecule has 1 rings (SSSR count). The van der Waals surface area contributed by atoms with E-state index in [4.69, 9.17) is 27.8 Å². The van der Waals surface area contributed by atoms with Crippen molar-refractivity contribution in [1.29, 1.82) is 0 Å². The lowest BCUT2D eigenvalue weighted by molar-refractivity contribution is -0.145. The summed E-state index contributed by atoms with van der Waals surface area (Å²) in [4.78, 5) is 11.2. The van der Waals surface area contributed by atoms with Gasteiger partial charge in [0.15, 0.2) is 6.10 Å². The smallest absolute Gasteiger partial charge is 0.344 e. The number of rotatable bonds is 5. The highest BCUT2D eigenvalue weighted by Gasteiger charge is 2.18. The van der Waals surface area contributed by atoms with Gasteiger partial charge in [-0.15, -0.1) is 0 Å². The fourth-order valence-corrected chi connectivity index (χ4v) is 1.47. The first-order valence-corrected chi connectivity index (χ1v) is 5.66. The van der Waals surface area contributed by atoms with Crippen molar-refractivity contribution in [3.63, 3.8) is 0 Å². The first kappa shape index (κ1) is 13.4. The molecule has 0 heterocycles. The van der Waals surface area contributed by atoms with Crippen LogP contribution in [-0.2, 0) is 4.79 Å². The molecule has 0 saturated heterocycles. The van der Waals surface area contributed by atoms with E-state index < -0.39 is 12.1 Å². The van der Waals surface area contributed by atoms with Crippen molar-refractivity contribution in [1.82, 2.24) is 0 Å². The molecule has 5 heteroatoms. The molecule has 17 heavy (non-hydrogen) atoms. The van der Waals surface area contributed by atoms with Gasteiger partial charge in [-0.1, -0.05) is 31.3 Å². The van der Waals surface area contributed by atoms with Crippen molar-refractivity contribution in [2.45, 2.75) is 26.4 Å². The van der Waals surface area contributed by atoms with E-state index in [9.17, 15) is 4.79 Å². The Morgan fingerprint density at radius 2 is 2.24 bits per heavy atom. The van der Waals surface area contributed by atoms with Crippen LogP contribution in [0.1, 0.15) is 24.5 Å². The van der Waals surface area contributed by atoms with Gasteiger partial charge in [-0.05, 0) is 25.0 Å². The number of carbonyl (C=O) groups is 1. The lowest BCUT2D eigenvalue weighted by Gasteiger charge is -2.15. The molecule has 3 N–H and O–H groups in total. The third-order valence-corrected chi connectivity index (χ3v) is 2.62. The minimum absolute atomic E-state index is 0.262. The highest BCUT2D eigenvalue weighted by Crippen LogP contribution is 2.21. The third kappa shape index (κ3) is 3.42. The number of hydrogen-bond acceptors (Lipinski definition) is 3. The summed E-state index contributed by atoms with van der Waals surface area (Å²) in [5, 5.41) is 8.93. The summed E-state index contributed by atoms with van der Waals surface area (Å²) in [6.07, 6.45) is -0.457. The summed E-state index contributed by atoms with van der Waals surface area (Å²) in [7, 11) is 0. The second kappa shape index (κ2) is 5.63. The number of thiocarbonyl (C=S) groups is 1. The maximum Gasteiger partial charge on any atom is 0.344 e. The van der Waals surface area contributed by atoms with Crippen molar-refractivity contribution < 1.29 is 14.6 Å². The van der Waals surface area contributed by atoms with Crippen LogP contribution in [0.4, 0.5) is 0 Å². The molecule has 92 valence electrons. The van der Waals surface area contributed by atoms with Gasteiger partial charge >= 0.3 is 5.97 Å². The summed E-state index contributed by atoms with van der Waals surface area (Å²) >= 11 is 4.86. The largest absolute Gasteiger partial charge is 0.479 e. The molecule has 0 aromatic heterocycles. The van der Waals surface area contributed by atoms with Gasteiger partial charge in [0.25, 0.3) is 0 Å². The van der Waals surface area contributed by atoms with E-state index in [0.717, 1.165) is 5.56 Å². The minimum atomic E-state index is -0.979. The van der Waals surface area contributed by atoms with Gasteiger partial charge in [-0.25, -0.2) is 4.79 Å². The number of benzene rings is 1. The SMILES string of the molecule is CCC(Oc1cc(C(N)=S)ccc1C)C(=O)O. The van der Waals surface area contributed by atoms with Crippen LogP contribution in [0, 0.1) is 6.92 Å². The van der Waals surface area contributed by atoms with Crippen LogP contribution in [-0.4, -0.2) is 22.2 Å². The van der Waals surface area contributed by atoms with E-state index in [1.165, 1.54) is 0 Å². The lowest BCUT2D eigenvalue weighted by Crippen LogP contribution is -2.26. The predicted octanol–water partition coefficient (Wildman–Crippen LogP) is 1.87. The Kier molecular flexibility index (Phi) is 4.45. The van der Waals surface area contributed by atoms with Crippen molar-refractivity contribution in [2.75, 3.05) is 0 Å². The number of hydrogen-bond donors (Lipinski definition) is 2. The molecule has 0 aliphatic rings. The Labute approximate surface area is 105 Å². The zero-order chi connectivity index (χ0) is 13.0. The van der Waals surface area contributed by atoms with Crippen LogP contribution in [0.25, 0.3) is 0 Å². The van der Waals surface area contributed by atoms with Gasteiger partial charge in [0.2, 0.25) is 0 Å². The molecule has 0 spiro atoms. The van der Waals surface area contributed by atoms with Gasteiger partial charge in [0.1, 0.15) is 10.7 Å². The van der Waals surface area contributed by atoms with Crippen LogP contribution in [0.15, 0.2) is 18.2 Å². The summed E-state index contributed by atoms with van der Waals surface area (Å²) < 4.78 is 5.43. The van der Waals surface area contributed by atoms with Gasteiger partial charge in [-0.2, -0.15) is 0 Å². The van der Waals surface area contributed by atoms with Gasteiger partial charge in [-0.3, -0.25) is 0 Å². The maximum atomic E-state index is 10.9. The van der Waals surface area contributed by atoms with E-state index in [1.54, 1.807) is 25.1 Å². The monoisotopic (exact) mass is 253 g/mol. The standard InChI is InChI=1S/C12H15NO3S/c1-3-9(12(14)15)16-10-6-8(11(13)17)5-4-7(10)2/h4-6,9H,3H2,1-2H3,(H2,13,17)(H,14,15). The van der Waals surface area contributed by atoms with Crippen LogP contribution in [0.3, 0.4) is 0 Å². The van der Waals surface area contributed by atoms with E-state index >= 15 is 0 Å². The van der Waals surface area contributed by atoms with Crippen molar-refractivity contribution >= 4 is 23.2 Å². The molecule has 0 bridgehead atoms. The normalized spacial score (nSPS) is 11.9.